The van der Waals surface area contributed by atoms with Crippen molar-refractivity contribution in [2.45, 2.75) is 32.7 Å². The van der Waals surface area contributed by atoms with Gasteiger partial charge in [-0.1, -0.05) is 39.0 Å². The van der Waals surface area contributed by atoms with Crippen LogP contribution in [0.15, 0.2) is 24.3 Å². The number of nitrogens with two attached hydrogens (primary N) is 1. The Labute approximate surface area is 108 Å². The molecule has 1 aromatic rings. The van der Waals surface area contributed by atoms with E-state index in [0.717, 1.165) is 0 Å². The zero-order valence-electron chi connectivity index (χ0n) is 11.2. The summed E-state index contributed by atoms with van der Waals surface area (Å²) in [6.07, 6.45) is 0.413. The van der Waals surface area contributed by atoms with Crippen LogP contribution in [0.3, 0.4) is 0 Å². The molecule has 1 aromatic carbocycles. The van der Waals surface area contributed by atoms with E-state index >= 15 is 0 Å². The summed E-state index contributed by atoms with van der Waals surface area (Å²) in [5.41, 5.74) is 4.69. The Morgan fingerprint density at radius 3 is 2.50 bits per heavy atom. The fraction of sp³-hybridized carbons (Fsp3) is 0.500. The number of hydrogen-bond acceptors (Lipinski definition) is 2. The highest BCUT2D eigenvalue weighted by molar-refractivity contribution is 5.86. The summed E-state index contributed by atoms with van der Waals surface area (Å²) in [5, 5.41) is 3.12. The number of benzene rings is 1. The first kappa shape index (κ1) is 14.6. The molecule has 18 heavy (non-hydrogen) atoms. The molecule has 0 spiro atoms. The van der Waals surface area contributed by atoms with Crippen LogP contribution in [0.1, 0.15) is 32.8 Å². The highest BCUT2D eigenvalue weighted by atomic mass is 19.1. The van der Waals surface area contributed by atoms with Crippen molar-refractivity contribution in [1.82, 2.24) is 5.32 Å². The van der Waals surface area contributed by atoms with Gasteiger partial charge in [0.1, 0.15) is 11.4 Å². The van der Waals surface area contributed by atoms with E-state index in [1.54, 1.807) is 18.2 Å². The minimum absolute atomic E-state index is 0.320. The minimum Gasteiger partial charge on any atom is -0.368 e. The predicted molar refractivity (Wildman–Crippen MR) is 70.4 cm³/mol. The molecule has 0 saturated heterocycles. The molecular formula is C14H21FN2O. The first-order chi connectivity index (χ1) is 8.44. The number of hydrogen-bond donors (Lipinski definition) is 2. The van der Waals surface area contributed by atoms with Crippen LogP contribution in [0.25, 0.3) is 0 Å². The Bertz CT molecular complexity index is 420. The summed E-state index contributed by atoms with van der Waals surface area (Å²) in [6, 6.07) is 6.27. The Hall–Kier alpha value is -1.42. The maximum Gasteiger partial charge on any atom is 0.242 e. The molecule has 1 atom stereocenters. The van der Waals surface area contributed by atoms with Crippen LogP contribution < -0.4 is 11.1 Å². The lowest BCUT2D eigenvalue weighted by atomic mass is 9.85. The Morgan fingerprint density at radius 2 is 2.06 bits per heavy atom. The van der Waals surface area contributed by atoms with Gasteiger partial charge in [-0.2, -0.15) is 0 Å². The van der Waals surface area contributed by atoms with E-state index < -0.39 is 17.3 Å². The number of nitrogens with one attached hydrogen (secondary N) is 1. The summed E-state index contributed by atoms with van der Waals surface area (Å²) >= 11 is 0. The van der Waals surface area contributed by atoms with E-state index in [9.17, 15) is 9.18 Å². The quantitative estimate of drug-likeness (QED) is 0.815. The van der Waals surface area contributed by atoms with Crippen LogP contribution in [-0.2, 0) is 10.3 Å². The fourth-order valence-electron chi connectivity index (χ4n) is 1.99. The van der Waals surface area contributed by atoms with Crippen LogP contribution in [0.5, 0.6) is 0 Å². The summed E-state index contributed by atoms with van der Waals surface area (Å²) in [4.78, 5) is 11.8. The van der Waals surface area contributed by atoms with Crippen molar-refractivity contribution in [3.05, 3.63) is 35.6 Å². The van der Waals surface area contributed by atoms with Gasteiger partial charge in [-0.25, -0.2) is 4.39 Å². The standard InChI is InChI=1S/C14H21FN2O/c1-4-14(13(16)18,17-9-10(2)3)11-7-5-6-8-12(11)15/h5-8,10,17H,4,9H2,1-3H3,(H2,16,18). The second-order valence-corrected chi connectivity index (χ2v) is 4.88. The van der Waals surface area contributed by atoms with Crippen molar-refractivity contribution < 1.29 is 9.18 Å². The first-order valence-electron chi connectivity index (χ1n) is 6.24. The fourth-order valence-corrected chi connectivity index (χ4v) is 1.99. The molecule has 1 rings (SSSR count). The van der Waals surface area contributed by atoms with Gasteiger partial charge in [0.25, 0.3) is 0 Å². The van der Waals surface area contributed by atoms with Gasteiger partial charge >= 0.3 is 0 Å². The molecule has 0 heterocycles. The monoisotopic (exact) mass is 252 g/mol. The molecule has 0 aliphatic rings. The summed E-state index contributed by atoms with van der Waals surface area (Å²) in [5.74, 6) is -0.604. The second kappa shape index (κ2) is 5.96. The topological polar surface area (TPSA) is 55.1 Å². The SMILES string of the molecule is CCC(NCC(C)C)(C(N)=O)c1ccccc1F. The number of primary amides is 1. The molecule has 0 aromatic heterocycles. The molecule has 0 bridgehead atoms. The lowest BCUT2D eigenvalue weighted by Gasteiger charge is -2.32. The first-order valence-corrected chi connectivity index (χ1v) is 6.24. The smallest absolute Gasteiger partial charge is 0.242 e. The van der Waals surface area contributed by atoms with Gasteiger partial charge in [0.15, 0.2) is 0 Å². The van der Waals surface area contributed by atoms with Crippen molar-refractivity contribution in [3.8, 4) is 0 Å². The Kier molecular flexibility index (Phi) is 4.84. The van der Waals surface area contributed by atoms with E-state index in [4.69, 9.17) is 5.73 Å². The largest absolute Gasteiger partial charge is 0.368 e. The predicted octanol–water partition coefficient (Wildman–Crippen LogP) is 2.16. The molecule has 3 N–H and O–H groups in total. The molecule has 0 aliphatic heterocycles. The van der Waals surface area contributed by atoms with E-state index in [2.05, 4.69) is 5.32 Å². The van der Waals surface area contributed by atoms with Gasteiger partial charge in [-0.3, -0.25) is 10.1 Å². The van der Waals surface area contributed by atoms with Crippen LogP contribution >= 0.6 is 0 Å². The van der Waals surface area contributed by atoms with Crippen LogP contribution in [-0.4, -0.2) is 12.5 Å². The zero-order chi connectivity index (χ0) is 13.8. The number of amides is 1. The van der Waals surface area contributed by atoms with Crippen molar-refractivity contribution >= 4 is 5.91 Å². The van der Waals surface area contributed by atoms with Crippen LogP contribution in [0.4, 0.5) is 4.39 Å². The van der Waals surface area contributed by atoms with Crippen LogP contribution in [0, 0.1) is 11.7 Å². The number of carbonyl (C=O) groups excluding carboxylic acids is 1. The molecule has 3 nitrogen and oxygen atoms in total. The van der Waals surface area contributed by atoms with Gasteiger partial charge in [0, 0.05) is 5.56 Å². The van der Waals surface area contributed by atoms with Crippen LogP contribution in [0.2, 0.25) is 0 Å². The van der Waals surface area contributed by atoms with Crippen molar-refractivity contribution in [3.63, 3.8) is 0 Å². The average Bonchev–Trinajstić information content (AvgIpc) is 2.31. The third-order valence-corrected chi connectivity index (χ3v) is 3.10. The van der Waals surface area contributed by atoms with Gasteiger partial charge in [-0.15, -0.1) is 0 Å². The van der Waals surface area contributed by atoms with Crippen molar-refractivity contribution in [2.24, 2.45) is 11.7 Å². The van der Waals surface area contributed by atoms with Gasteiger partial charge in [0.2, 0.25) is 5.91 Å². The second-order valence-electron chi connectivity index (χ2n) is 4.88. The zero-order valence-corrected chi connectivity index (χ0v) is 11.2. The normalized spacial score (nSPS) is 14.5. The molecule has 0 aliphatic carbocycles. The maximum absolute atomic E-state index is 13.9. The number of carbonyl (C=O) groups is 1. The molecule has 1 amide bonds. The molecular weight excluding hydrogens is 231 g/mol. The number of rotatable bonds is 6. The molecule has 1 unspecified atom stereocenters. The molecule has 0 saturated carbocycles. The minimum atomic E-state index is -1.13. The van der Waals surface area contributed by atoms with E-state index in [1.807, 2.05) is 20.8 Å². The maximum atomic E-state index is 13.9. The van der Waals surface area contributed by atoms with E-state index in [1.165, 1.54) is 6.07 Å². The lowest BCUT2D eigenvalue weighted by molar-refractivity contribution is -0.125. The van der Waals surface area contributed by atoms with Gasteiger partial charge < -0.3 is 5.73 Å². The molecule has 0 radical (unpaired) electrons. The average molecular weight is 252 g/mol. The summed E-state index contributed by atoms with van der Waals surface area (Å²) in [7, 11) is 0. The van der Waals surface area contributed by atoms with E-state index in [-0.39, 0.29) is 0 Å². The van der Waals surface area contributed by atoms with Crippen molar-refractivity contribution in [2.75, 3.05) is 6.54 Å². The number of halogens is 1. The highest BCUT2D eigenvalue weighted by Gasteiger charge is 2.38. The molecule has 4 heteroatoms. The Balaban J connectivity index is 3.19. The molecule has 0 fully saturated rings. The van der Waals surface area contributed by atoms with E-state index in [0.29, 0.717) is 24.4 Å². The lowest BCUT2D eigenvalue weighted by Crippen LogP contribution is -2.53. The molecule has 100 valence electrons. The summed E-state index contributed by atoms with van der Waals surface area (Å²) in [6.45, 7) is 6.47. The Morgan fingerprint density at radius 1 is 1.44 bits per heavy atom. The van der Waals surface area contributed by atoms with Gasteiger partial charge in [0.05, 0.1) is 0 Å². The third kappa shape index (κ3) is 2.88. The summed E-state index contributed by atoms with van der Waals surface area (Å²) < 4.78 is 13.9. The van der Waals surface area contributed by atoms with Crippen molar-refractivity contribution in [1.29, 1.82) is 0 Å². The third-order valence-electron chi connectivity index (χ3n) is 3.10. The highest BCUT2D eigenvalue weighted by Crippen LogP contribution is 2.27. The van der Waals surface area contributed by atoms with Gasteiger partial charge in [-0.05, 0) is 24.9 Å².